The highest BCUT2D eigenvalue weighted by molar-refractivity contribution is 5.38. The maximum absolute atomic E-state index is 12.5. The van der Waals surface area contributed by atoms with Crippen molar-refractivity contribution in [1.82, 2.24) is 14.2 Å². The number of hydrogen-bond donors (Lipinski definition) is 0. The number of alkyl halides is 3. The van der Waals surface area contributed by atoms with Crippen LogP contribution in [0.25, 0.3) is 5.65 Å². The van der Waals surface area contributed by atoms with Gasteiger partial charge in [-0.3, -0.25) is 0 Å². The molecule has 2 heterocycles. The molecule has 4 nitrogen and oxygen atoms in total. The smallest absolute Gasteiger partial charge is 0.246 e. The molecule has 0 bridgehead atoms. The van der Waals surface area contributed by atoms with Gasteiger partial charge in [-0.25, -0.2) is 13.9 Å². The molecule has 0 aliphatic heterocycles. The highest BCUT2D eigenvalue weighted by Gasteiger charge is 2.34. The van der Waals surface area contributed by atoms with Crippen molar-refractivity contribution >= 4 is 5.65 Å². The van der Waals surface area contributed by atoms with Crippen LogP contribution in [0.5, 0.6) is 0 Å². The van der Waals surface area contributed by atoms with Crippen molar-refractivity contribution in [2.24, 2.45) is 7.05 Å². The van der Waals surface area contributed by atoms with E-state index in [0.29, 0.717) is 4.40 Å². The van der Waals surface area contributed by atoms with Gasteiger partial charge in [0.25, 0.3) is 0 Å². The lowest BCUT2D eigenvalue weighted by Crippen LogP contribution is -2.23. The maximum Gasteiger partial charge on any atom is 0.431 e. The molecule has 0 radical (unpaired) electrons. The van der Waals surface area contributed by atoms with Crippen molar-refractivity contribution in [2.75, 3.05) is 0 Å². The van der Waals surface area contributed by atoms with E-state index < -0.39 is 17.6 Å². The monoisotopic (exact) mass is 217 g/mol. The Balaban J connectivity index is 2.93. The van der Waals surface area contributed by atoms with Crippen LogP contribution in [0.1, 0.15) is 5.69 Å². The molecule has 0 saturated carbocycles. The third kappa shape index (κ3) is 1.39. The number of nitrogens with zero attached hydrogens (tertiary/aromatic N) is 3. The minimum absolute atomic E-state index is 0.0164. The van der Waals surface area contributed by atoms with Crippen LogP contribution in [-0.4, -0.2) is 14.2 Å². The van der Waals surface area contributed by atoms with Crippen LogP contribution in [0.3, 0.4) is 0 Å². The molecule has 0 unspecified atom stereocenters. The molecule has 15 heavy (non-hydrogen) atoms. The van der Waals surface area contributed by atoms with Gasteiger partial charge in [0.2, 0.25) is 0 Å². The van der Waals surface area contributed by atoms with Gasteiger partial charge in [0.05, 0.1) is 0 Å². The van der Waals surface area contributed by atoms with E-state index in [0.717, 1.165) is 10.7 Å². The number of aromatic nitrogens is 3. The summed E-state index contributed by atoms with van der Waals surface area (Å²) in [7, 11) is 1.30. The molecule has 2 rings (SSSR count). The van der Waals surface area contributed by atoms with Crippen LogP contribution >= 0.6 is 0 Å². The lowest BCUT2D eigenvalue weighted by atomic mass is 10.3. The fourth-order valence-corrected chi connectivity index (χ4v) is 1.34. The Morgan fingerprint density at radius 3 is 2.60 bits per heavy atom. The molecule has 0 spiro atoms. The first-order valence-electron chi connectivity index (χ1n) is 4.03. The molecule has 0 aliphatic carbocycles. The molecular weight excluding hydrogens is 211 g/mol. The van der Waals surface area contributed by atoms with Gasteiger partial charge in [-0.15, -0.1) is 0 Å². The summed E-state index contributed by atoms with van der Waals surface area (Å²) in [5.41, 5.74) is -1.84. The van der Waals surface area contributed by atoms with Crippen molar-refractivity contribution < 1.29 is 13.2 Å². The second-order valence-electron chi connectivity index (χ2n) is 3.01. The summed E-state index contributed by atoms with van der Waals surface area (Å²) >= 11 is 0. The molecule has 0 aromatic carbocycles. The van der Waals surface area contributed by atoms with E-state index in [1.165, 1.54) is 19.2 Å². The van der Waals surface area contributed by atoms with Crippen molar-refractivity contribution in [1.29, 1.82) is 0 Å². The van der Waals surface area contributed by atoms with Crippen molar-refractivity contribution in [3.05, 3.63) is 34.4 Å². The Labute approximate surface area is 81.6 Å². The third-order valence-corrected chi connectivity index (χ3v) is 1.98. The summed E-state index contributed by atoms with van der Waals surface area (Å²) in [5, 5.41) is 3.65. The van der Waals surface area contributed by atoms with Crippen LogP contribution in [0.15, 0.2) is 23.0 Å². The molecule has 0 N–H and O–H groups in total. The fourth-order valence-electron chi connectivity index (χ4n) is 1.34. The highest BCUT2D eigenvalue weighted by atomic mass is 19.4. The first-order valence-corrected chi connectivity index (χ1v) is 4.03. The van der Waals surface area contributed by atoms with E-state index in [2.05, 4.69) is 5.10 Å². The predicted molar refractivity (Wildman–Crippen MR) is 45.4 cm³/mol. The summed E-state index contributed by atoms with van der Waals surface area (Å²) in [6.45, 7) is 0. The topological polar surface area (TPSA) is 39.3 Å². The van der Waals surface area contributed by atoms with Gasteiger partial charge in [-0.2, -0.15) is 18.3 Å². The summed E-state index contributed by atoms with van der Waals surface area (Å²) in [5.74, 6) is 0. The predicted octanol–water partition coefficient (Wildman–Crippen LogP) is 1.05. The Hall–Kier alpha value is -1.79. The maximum atomic E-state index is 12.5. The van der Waals surface area contributed by atoms with Gasteiger partial charge in [0, 0.05) is 7.05 Å². The molecule has 80 valence electrons. The standard InChI is InChI=1S/C8H6F3N3O/c1-13-7(15)14-5(8(9,10)11)3-2-4-6(14)12-13/h2-4H,1H3. The Bertz CT molecular complexity index is 566. The number of aryl methyl sites for hydroxylation is 1. The van der Waals surface area contributed by atoms with Crippen molar-refractivity contribution in [3.63, 3.8) is 0 Å². The molecule has 0 amide bonds. The van der Waals surface area contributed by atoms with Gasteiger partial charge in [-0.05, 0) is 12.1 Å². The van der Waals surface area contributed by atoms with Crippen LogP contribution < -0.4 is 5.69 Å². The van der Waals surface area contributed by atoms with Crippen LogP contribution in [0, 0.1) is 0 Å². The van der Waals surface area contributed by atoms with Gasteiger partial charge in [0.1, 0.15) is 5.69 Å². The number of hydrogen-bond acceptors (Lipinski definition) is 2. The summed E-state index contributed by atoms with van der Waals surface area (Å²) in [6, 6.07) is 3.40. The normalized spacial score (nSPS) is 12.3. The van der Waals surface area contributed by atoms with Gasteiger partial charge in [-0.1, -0.05) is 6.07 Å². The zero-order valence-electron chi connectivity index (χ0n) is 7.62. The second-order valence-corrected chi connectivity index (χ2v) is 3.01. The Kier molecular flexibility index (Phi) is 1.85. The van der Waals surface area contributed by atoms with E-state index >= 15 is 0 Å². The SMILES string of the molecule is Cn1nc2cccc(C(F)(F)F)n2c1=O. The number of rotatable bonds is 0. The lowest BCUT2D eigenvalue weighted by Gasteiger charge is -2.07. The summed E-state index contributed by atoms with van der Waals surface area (Å²) < 4.78 is 38.9. The molecule has 2 aromatic rings. The average Bonchev–Trinajstić information content (AvgIpc) is 2.41. The van der Waals surface area contributed by atoms with Crippen LogP contribution in [0.4, 0.5) is 13.2 Å². The van der Waals surface area contributed by atoms with Crippen LogP contribution in [0.2, 0.25) is 0 Å². The van der Waals surface area contributed by atoms with E-state index in [-0.39, 0.29) is 5.65 Å². The largest absolute Gasteiger partial charge is 0.431 e. The average molecular weight is 217 g/mol. The highest BCUT2D eigenvalue weighted by Crippen LogP contribution is 2.28. The summed E-state index contributed by atoms with van der Waals surface area (Å²) in [6.07, 6.45) is -4.56. The molecule has 0 saturated heterocycles. The molecule has 2 aromatic heterocycles. The molecule has 0 atom stereocenters. The summed E-state index contributed by atoms with van der Waals surface area (Å²) in [4.78, 5) is 11.4. The van der Waals surface area contributed by atoms with Gasteiger partial charge >= 0.3 is 11.9 Å². The van der Waals surface area contributed by atoms with Crippen molar-refractivity contribution in [3.8, 4) is 0 Å². The zero-order chi connectivity index (χ0) is 11.2. The van der Waals surface area contributed by atoms with Gasteiger partial charge in [0.15, 0.2) is 5.65 Å². The van der Waals surface area contributed by atoms with Gasteiger partial charge < -0.3 is 0 Å². The number of halogens is 3. The Morgan fingerprint density at radius 1 is 1.33 bits per heavy atom. The quantitative estimate of drug-likeness (QED) is 0.661. The minimum atomic E-state index is -4.56. The van der Waals surface area contributed by atoms with E-state index in [1.54, 1.807) is 0 Å². The molecule has 0 fully saturated rings. The minimum Gasteiger partial charge on any atom is -0.246 e. The second kappa shape index (κ2) is 2.85. The fraction of sp³-hybridized carbons (Fsp3) is 0.250. The first kappa shape index (κ1) is 9.75. The lowest BCUT2D eigenvalue weighted by molar-refractivity contribution is -0.142. The first-order chi connectivity index (χ1) is 6.91. The van der Waals surface area contributed by atoms with E-state index in [4.69, 9.17) is 0 Å². The third-order valence-electron chi connectivity index (χ3n) is 1.98. The molecule has 7 heteroatoms. The number of pyridine rings is 1. The number of fused-ring (bicyclic) bond motifs is 1. The molecule has 0 aliphatic rings. The van der Waals surface area contributed by atoms with Crippen LogP contribution in [-0.2, 0) is 13.2 Å². The Morgan fingerprint density at radius 2 is 2.00 bits per heavy atom. The molecular formula is C8H6F3N3O. The van der Waals surface area contributed by atoms with E-state index in [9.17, 15) is 18.0 Å². The van der Waals surface area contributed by atoms with E-state index in [1.807, 2.05) is 0 Å². The van der Waals surface area contributed by atoms with Crippen molar-refractivity contribution in [2.45, 2.75) is 6.18 Å². The zero-order valence-corrected chi connectivity index (χ0v) is 7.62.